The highest BCUT2D eigenvalue weighted by Gasteiger charge is 2.38. The van der Waals surface area contributed by atoms with Gasteiger partial charge in [0.15, 0.2) is 0 Å². The quantitative estimate of drug-likeness (QED) is 0.727. The highest BCUT2D eigenvalue weighted by molar-refractivity contribution is 5.79. The maximum absolute atomic E-state index is 12.5. The number of carboxylic acids is 1. The van der Waals surface area contributed by atoms with Crippen LogP contribution in [0.3, 0.4) is 0 Å². The van der Waals surface area contributed by atoms with E-state index in [1.807, 2.05) is 11.0 Å². The molecule has 1 aliphatic heterocycles. The second-order valence-corrected chi connectivity index (χ2v) is 7.23. The van der Waals surface area contributed by atoms with Crippen molar-refractivity contribution in [3.05, 3.63) is 35.9 Å². The smallest absolute Gasteiger partial charge is 0.329 e. The zero-order valence-electron chi connectivity index (χ0n) is 15.2. The number of carboxylic acid groups (broad SMARTS) is 1. The minimum absolute atomic E-state index is 0.0588. The Bertz CT molecular complexity index is 595. The van der Waals surface area contributed by atoms with Gasteiger partial charge in [0, 0.05) is 31.7 Å². The van der Waals surface area contributed by atoms with E-state index in [0.717, 1.165) is 51.7 Å². The summed E-state index contributed by atoms with van der Waals surface area (Å²) in [5.41, 5.74) is 1.36. The van der Waals surface area contributed by atoms with E-state index in [1.165, 1.54) is 5.56 Å². The average Bonchev–Trinajstić information content (AvgIpc) is 3.47. The predicted molar refractivity (Wildman–Crippen MR) is 97.9 cm³/mol. The molecule has 2 aliphatic rings. The first kappa shape index (κ1) is 18.9. The molecule has 2 fully saturated rings. The second-order valence-electron chi connectivity index (χ2n) is 7.23. The Hall–Kier alpha value is -1.92. The molecule has 26 heavy (non-hydrogen) atoms. The van der Waals surface area contributed by atoms with Gasteiger partial charge in [-0.25, -0.2) is 4.79 Å². The van der Waals surface area contributed by atoms with Crippen LogP contribution in [0.25, 0.3) is 0 Å². The van der Waals surface area contributed by atoms with E-state index in [1.54, 1.807) is 0 Å². The Morgan fingerprint density at radius 1 is 1.04 bits per heavy atom. The lowest BCUT2D eigenvalue weighted by Gasteiger charge is -2.39. The average molecular weight is 360 g/mol. The number of benzene rings is 1. The van der Waals surface area contributed by atoms with Crippen LogP contribution in [0.2, 0.25) is 0 Å². The lowest BCUT2D eigenvalue weighted by atomic mass is 10.0. The van der Waals surface area contributed by atoms with E-state index in [4.69, 9.17) is 9.84 Å². The Labute approximate surface area is 154 Å². The molecular formula is C20H28N2O4. The number of ether oxygens (including phenoxy) is 1. The molecular weight excluding hydrogens is 332 g/mol. The lowest BCUT2D eigenvalue weighted by molar-refractivity contribution is -0.147. The van der Waals surface area contributed by atoms with Crippen molar-refractivity contribution in [1.29, 1.82) is 0 Å². The zero-order valence-corrected chi connectivity index (χ0v) is 15.2. The highest BCUT2D eigenvalue weighted by atomic mass is 16.5. The number of rotatable bonds is 9. The SMILES string of the molecule is O=C(O)COCC(=O)N(C1CC1)C1CCN(CCc2ccccc2)CC1. The van der Waals surface area contributed by atoms with Gasteiger partial charge in [0.1, 0.15) is 13.2 Å². The maximum atomic E-state index is 12.5. The van der Waals surface area contributed by atoms with Gasteiger partial charge in [-0.2, -0.15) is 0 Å². The fraction of sp³-hybridized carbons (Fsp3) is 0.600. The second kappa shape index (κ2) is 9.14. The molecule has 0 aromatic heterocycles. The first-order valence-electron chi connectivity index (χ1n) is 9.50. The third-order valence-electron chi connectivity index (χ3n) is 5.19. The van der Waals surface area contributed by atoms with E-state index in [9.17, 15) is 9.59 Å². The number of nitrogens with zero attached hydrogens (tertiary/aromatic N) is 2. The van der Waals surface area contributed by atoms with Crippen LogP contribution in [0.4, 0.5) is 0 Å². The first-order valence-corrected chi connectivity index (χ1v) is 9.50. The number of hydrogen-bond donors (Lipinski definition) is 1. The predicted octanol–water partition coefficient (Wildman–Crippen LogP) is 1.79. The van der Waals surface area contributed by atoms with E-state index < -0.39 is 12.6 Å². The molecule has 0 atom stereocenters. The van der Waals surface area contributed by atoms with Gasteiger partial charge in [-0.3, -0.25) is 4.79 Å². The molecule has 0 unspecified atom stereocenters. The molecule has 1 saturated heterocycles. The van der Waals surface area contributed by atoms with Crippen LogP contribution in [0.1, 0.15) is 31.2 Å². The van der Waals surface area contributed by atoms with Gasteiger partial charge in [0.25, 0.3) is 0 Å². The Balaban J connectivity index is 1.44. The van der Waals surface area contributed by atoms with Crippen molar-refractivity contribution in [3.63, 3.8) is 0 Å². The van der Waals surface area contributed by atoms with Crippen molar-refractivity contribution in [1.82, 2.24) is 9.80 Å². The van der Waals surface area contributed by atoms with E-state index >= 15 is 0 Å². The molecule has 0 radical (unpaired) electrons. The molecule has 6 heteroatoms. The van der Waals surface area contributed by atoms with E-state index in [-0.39, 0.29) is 18.6 Å². The summed E-state index contributed by atoms with van der Waals surface area (Å²) in [7, 11) is 0. The Morgan fingerprint density at radius 3 is 2.31 bits per heavy atom. The molecule has 3 rings (SSSR count). The third-order valence-corrected chi connectivity index (χ3v) is 5.19. The summed E-state index contributed by atoms with van der Waals surface area (Å²) in [6, 6.07) is 11.1. The number of amides is 1. The number of likely N-dealkylation sites (tertiary alicyclic amines) is 1. The van der Waals surface area contributed by atoms with E-state index in [2.05, 4.69) is 29.2 Å². The summed E-state index contributed by atoms with van der Waals surface area (Å²) in [5.74, 6) is -1.10. The summed E-state index contributed by atoms with van der Waals surface area (Å²) in [4.78, 5) is 27.5. The van der Waals surface area contributed by atoms with Gasteiger partial charge in [0.2, 0.25) is 5.91 Å². The number of hydrogen-bond acceptors (Lipinski definition) is 4. The lowest BCUT2D eigenvalue weighted by Crippen LogP contribution is -2.49. The number of carbonyl (C=O) groups excluding carboxylic acids is 1. The molecule has 1 N–H and O–H groups in total. The Morgan fingerprint density at radius 2 is 1.69 bits per heavy atom. The monoisotopic (exact) mass is 360 g/mol. The molecule has 1 heterocycles. The van der Waals surface area contributed by atoms with Gasteiger partial charge >= 0.3 is 5.97 Å². The Kier molecular flexibility index (Phi) is 6.63. The highest BCUT2D eigenvalue weighted by Crippen LogP contribution is 2.32. The normalized spacial score (nSPS) is 18.6. The van der Waals surface area contributed by atoms with Gasteiger partial charge in [-0.1, -0.05) is 30.3 Å². The summed E-state index contributed by atoms with van der Waals surface area (Å²) in [5, 5.41) is 8.64. The largest absolute Gasteiger partial charge is 0.480 e. The molecule has 1 amide bonds. The van der Waals surface area contributed by atoms with Crippen LogP contribution in [-0.2, 0) is 20.7 Å². The van der Waals surface area contributed by atoms with Crippen molar-refractivity contribution < 1.29 is 19.4 Å². The maximum Gasteiger partial charge on any atom is 0.329 e. The molecule has 0 spiro atoms. The molecule has 1 aliphatic carbocycles. The van der Waals surface area contributed by atoms with Crippen LogP contribution in [0.5, 0.6) is 0 Å². The van der Waals surface area contributed by atoms with Gasteiger partial charge in [0.05, 0.1) is 0 Å². The standard InChI is InChI=1S/C20H28N2O4/c23-19(14-26-15-20(24)25)22(17-6-7-17)18-9-12-21(13-10-18)11-8-16-4-2-1-3-5-16/h1-5,17-18H,6-15H2,(H,24,25). The van der Waals surface area contributed by atoms with Crippen molar-refractivity contribution in [2.24, 2.45) is 0 Å². The molecule has 142 valence electrons. The van der Waals surface area contributed by atoms with Gasteiger partial charge < -0.3 is 19.6 Å². The number of piperidine rings is 1. The van der Waals surface area contributed by atoms with Gasteiger partial charge in [-0.05, 0) is 37.7 Å². The van der Waals surface area contributed by atoms with Gasteiger partial charge in [-0.15, -0.1) is 0 Å². The van der Waals surface area contributed by atoms with Crippen molar-refractivity contribution in [2.45, 2.75) is 44.2 Å². The van der Waals surface area contributed by atoms with Crippen molar-refractivity contribution in [2.75, 3.05) is 32.8 Å². The minimum atomic E-state index is -1.04. The fourth-order valence-corrected chi connectivity index (χ4v) is 3.71. The first-order chi connectivity index (χ1) is 12.6. The van der Waals surface area contributed by atoms with Crippen LogP contribution in [0, 0.1) is 0 Å². The summed E-state index contributed by atoms with van der Waals surface area (Å²) in [6.07, 6.45) is 5.13. The zero-order chi connectivity index (χ0) is 18.4. The molecule has 1 saturated carbocycles. The number of aliphatic carboxylic acids is 1. The topological polar surface area (TPSA) is 70.1 Å². The summed E-state index contributed by atoms with van der Waals surface area (Å²) >= 11 is 0. The van der Waals surface area contributed by atoms with Crippen LogP contribution in [0.15, 0.2) is 30.3 Å². The van der Waals surface area contributed by atoms with Crippen molar-refractivity contribution >= 4 is 11.9 Å². The summed E-state index contributed by atoms with van der Waals surface area (Å²) < 4.78 is 5.01. The van der Waals surface area contributed by atoms with Crippen molar-refractivity contribution in [3.8, 4) is 0 Å². The fourth-order valence-electron chi connectivity index (χ4n) is 3.71. The molecule has 6 nitrogen and oxygen atoms in total. The molecule has 0 bridgehead atoms. The van der Waals surface area contributed by atoms with Crippen LogP contribution < -0.4 is 0 Å². The third kappa shape index (κ3) is 5.54. The van der Waals surface area contributed by atoms with Crippen LogP contribution >= 0.6 is 0 Å². The van der Waals surface area contributed by atoms with Crippen LogP contribution in [-0.4, -0.2) is 71.7 Å². The summed E-state index contributed by atoms with van der Waals surface area (Å²) in [6.45, 7) is 2.52. The minimum Gasteiger partial charge on any atom is -0.480 e. The molecule has 1 aromatic rings. The van der Waals surface area contributed by atoms with E-state index in [0.29, 0.717) is 6.04 Å². The molecule has 1 aromatic carbocycles. The number of carbonyl (C=O) groups is 2.